The summed E-state index contributed by atoms with van der Waals surface area (Å²) in [4.78, 5) is 2.87. The highest BCUT2D eigenvalue weighted by atomic mass is 35.5. The van der Waals surface area contributed by atoms with Crippen LogP contribution in [0.3, 0.4) is 0 Å². The van der Waals surface area contributed by atoms with Crippen molar-refractivity contribution in [2.45, 2.75) is 0 Å². The van der Waals surface area contributed by atoms with Gasteiger partial charge >= 0.3 is 0 Å². The lowest BCUT2D eigenvalue weighted by atomic mass is 10.2. The monoisotopic (exact) mass is 169 g/mol. The lowest BCUT2D eigenvalue weighted by Gasteiger charge is -1.92. The van der Waals surface area contributed by atoms with Gasteiger partial charge < -0.3 is 4.98 Å². The average molecular weight is 170 g/mol. The lowest BCUT2D eigenvalue weighted by Crippen LogP contribution is -1.74. The molecule has 0 saturated heterocycles. The number of aromatic nitrogens is 1. The Labute approximate surface area is 67.8 Å². The first-order valence-electron chi connectivity index (χ1n) is 3.19. The molecule has 0 aliphatic heterocycles. The summed E-state index contributed by atoms with van der Waals surface area (Å²) < 4.78 is 12.8. The van der Waals surface area contributed by atoms with E-state index in [9.17, 15) is 4.39 Å². The molecule has 0 bridgehead atoms. The zero-order chi connectivity index (χ0) is 7.84. The van der Waals surface area contributed by atoms with Gasteiger partial charge in [0.15, 0.2) is 0 Å². The van der Waals surface area contributed by atoms with Crippen molar-refractivity contribution >= 4 is 22.4 Å². The van der Waals surface area contributed by atoms with Gasteiger partial charge in [0.1, 0.15) is 5.82 Å². The quantitative estimate of drug-likeness (QED) is 0.624. The van der Waals surface area contributed by atoms with E-state index in [-0.39, 0.29) is 10.8 Å². The molecule has 1 N–H and O–H groups in total. The van der Waals surface area contributed by atoms with Crippen LogP contribution in [0.25, 0.3) is 10.8 Å². The lowest BCUT2D eigenvalue weighted by molar-refractivity contribution is 0.630. The number of rotatable bonds is 0. The number of nitrogens with one attached hydrogen (secondary N) is 1. The van der Waals surface area contributed by atoms with Crippen molar-refractivity contribution in [3.63, 3.8) is 0 Å². The summed E-state index contributed by atoms with van der Waals surface area (Å²) in [5.74, 6) is -0.376. The Morgan fingerprint density at radius 3 is 2.55 bits per heavy atom. The Bertz CT molecular complexity index is 358. The second-order valence-corrected chi connectivity index (χ2v) is 2.76. The molecule has 0 aliphatic carbocycles. The Balaban J connectivity index is 2.86. The average Bonchev–Trinajstić information content (AvgIpc) is 2.36. The maximum atomic E-state index is 12.8. The standard InChI is InChI=1S/C8H5ClFN/c9-7-1-5-3-11-4-6(5)2-8(7)10/h1-4,11H. The first-order valence-corrected chi connectivity index (χ1v) is 3.57. The molecule has 0 amide bonds. The molecule has 1 heterocycles. The number of aromatic amines is 1. The molecule has 0 aliphatic rings. The van der Waals surface area contributed by atoms with Gasteiger partial charge in [-0.05, 0) is 12.1 Å². The highest BCUT2D eigenvalue weighted by molar-refractivity contribution is 6.31. The minimum Gasteiger partial charge on any atom is -0.366 e. The van der Waals surface area contributed by atoms with Gasteiger partial charge in [-0.1, -0.05) is 11.6 Å². The van der Waals surface area contributed by atoms with E-state index >= 15 is 0 Å². The van der Waals surface area contributed by atoms with Crippen molar-refractivity contribution in [2.24, 2.45) is 0 Å². The van der Waals surface area contributed by atoms with E-state index in [1.54, 1.807) is 18.5 Å². The van der Waals surface area contributed by atoms with Gasteiger partial charge in [-0.25, -0.2) is 4.39 Å². The zero-order valence-electron chi connectivity index (χ0n) is 5.57. The molecule has 3 heteroatoms. The Hall–Kier alpha value is -1.02. The van der Waals surface area contributed by atoms with Gasteiger partial charge in [-0.3, -0.25) is 0 Å². The number of hydrogen-bond acceptors (Lipinski definition) is 0. The van der Waals surface area contributed by atoms with E-state index in [0.29, 0.717) is 0 Å². The number of hydrogen-bond donors (Lipinski definition) is 1. The van der Waals surface area contributed by atoms with Gasteiger partial charge in [0.2, 0.25) is 0 Å². The van der Waals surface area contributed by atoms with E-state index in [4.69, 9.17) is 11.6 Å². The molecule has 1 aromatic carbocycles. The highest BCUT2D eigenvalue weighted by Crippen LogP contribution is 2.21. The van der Waals surface area contributed by atoms with Gasteiger partial charge in [0, 0.05) is 23.2 Å². The summed E-state index contributed by atoms with van der Waals surface area (Å²) >= 11 is 5.56. The Kier molecular flexibility index (Phi) is 1.36. The minimum atomic E-state index is -0.376. The molecule has 0 fully saturated rings. The van der Waals surface area contributed by atoms with Crippen LogP contribution in [-0.2, 0) is 0 Å². The number of halogens is 2. The van der Waals surface area contributed by atoms with Gasteiger partial charge in [-0.2, -0.15) is 0 Å². The first kappa shape index (κ1) is 6.68. The van der Waals surface area contributed by atoms with E-state index in [1.165, 1.54) is 6.07 Å². The molecule has 1 nitrogen and oxygen atoms in total. The van der Waals surface area contributed by atoms with E-state index in [2.05, 4.69) is 4.98 Å². The molecule has 0 radical (unpaired) electrons. The Morgan fingerprint density at radius 2 is 1.82 bits per heavy atom. The van der Waals surface area contributed by atoms with Gasteiger partial charge in [-0.15, -0.1) is 0 Å². The van der Waals surface area contributed by atoms with Crippen LogP contribution in [0, 0.1) is 5.82 Å². The number of fused-ring (bicyclic) bond motifs is 1. The van der Waals surface area contributed by atoms with Crippen molar-refractivity contribution in [1.82, 2.24) is 4.98 Å². The highest BCUT2D eigenvalue weighted by Gasteiger charge is 2.01. The smallest absolute Gasteiger partial charge is 0.142 e. The largest absolute Gasteiger partial charge is 0.366 e. The van der Waals surface area contributed by atoms with Crippen molar-refractivity contribution in [3.05, 3.63) is 35.4 Å². The molecule has 0 unspecified atom stereocenters. The van der Waals surface area contributed by atoms with Crippen LogP contribution in [0.15, 0.2) is 24.5 Å². The van der Waals surface area contributed by atoms with Crippen LogP contribution in [0.1, 0.15) is 0 Å². The van der Waals surface area contributed by atoms with E-state index in [1.807, 2.05) is 0 Å². The Morgan fingerprint density at radius 1 is 1.18 bits per heavy atom. The van der Waals surface area contributed by atoms with Crippen LogP contribution in [-0.4, -0.2) is 4.98 Å². The fraction of sp³-hybridized carbons (Fsp3) is 0. The number of benzene rings is 1. The molecule has 2 aromatic rings. The molecule has 1 aromatic heterocycles. The maximum absolute atomic E-state index is 12.8. The van der Waals surface area contributed by atoms with Crippen LogP contribution in [0.5, 0.6) is 0 Å². The fourth-order valence-corrected chi connectivity index (χ4v) is 1.22. The summed E-state index contributed by atoms with van der Waals surface area (Å²) in [5.41, 5.74) is 0. The van der Waals surface area contributed by atoms with Crippen molar-refractivity contribution < 1.29 is 4.39 Å². The first-order chi connectivity index (χ1) is 5.27. The summed E-state index contributed by atoms with van der Waals surface area (Å²) in [5, 5.41) is 1.93. The second-order valence-electron chi connectivity index (χ2n) is 2.35. The molecule has 2 rings (SSSR count). The molecular formula is C8H5ClFN. The topological polar surface area (TPSA) is 15.8 Å². The summed E-state index contributed by atoms with van der Waals surface area (Å²) in [7, 11) is 0. The van der Waals surface area contributed by atoms with Crippen molar-refractivity contribution in [2.75, 3.05) is 0 Å². The molecular weight excluding hydrogens is 165 g/mol. The van der Waals surface area contributed by atoms with Gasteiger partial charge in [0.05, 0.1) is 5.02 Å². The third kappa shape index (κ3) is 0.994. The molecule has 0 saturated carbocycles. The molecule has 11 heavy (non-hydrogen) atoms. The molecule has 0 atom stereocenters. The normalized spacial score (nSPS) is 10.7. The third-order valence-electron chi connectivity index (χ3n) is 1.60. The van der Waals surface area contributed by atoms with Crippen molar-refractivity contribution in [3.8, 4) is 0 Å². The van der Waals surface area contributed by atoms with Gasteiger partial charge in [0.25, 0.3) is 0 Å². The van der Waals surface area contributed by atoms with E-state index in [0.717, 1.165) is 10.8 Å². The van der Waals surface area contributed by atoms with Crippen LogP contribution >= 0.6 is 11.6 Å². The second kappa shape index (κ2) is 2.24. The molecule has 56 valence electrons. The summed E-state index contributed by atoms with van der Waals surface area (Å²) in [6.07, 6.45) is 3.51. The zero-order valence-corrected chi connectivity index (χ0v) is 6.32. The van der Waals surface area contributed by atoms with Crippen LogP contribution < -0.4 is 0 Å². The minimum absolute atomic E-state index is 0.164. The van der Waals surface area contributed by atoms with E-state index < -0.39 is 0 Å². The SMILES string of the molecule is Fc1cc2c[nH]cc2cc1Cl. The predicted octanol–water partition coefficient (Wildman–Crippen LogP) is 2.96. The predicted molar refractivity (Wildman–Crippen MR) is 43.3 cm³/mol. The summed E-state index contributed by atoms with van der Waals surface area (Å²) in [6.45, 7) is 0. The fourth-order valence-electron chi connectivity index (χ4n) is 1.05. The van der Waals surface area contributed by atoms with Crippen molar-refractivity contribution in [1.29, 1.82) is 0 Å². The van der Waals surface area contributed by atoms with Crippen LogP contribution in [0.2, 0.25) is 5.02 Å². The molecule has 0 spiro atoms. The summed E-state index contributed by atoms with van der Waals surface area (Å²) in [6, 6.07) is 3.01. The number of H-pyrrole nitrogens is 1. The van der Waals surface area contributed by atoms with Crippen LogP contribution in [0.4, 0.5) is 4.39 Å². The third-order valence-corrected chi connectivity index (χ3v) is 1.89. The maximum Gasteiger partial charge on any atom is 0.142 e.